The van der Waals surface area contributed by atoms with Gasteiger partial charge in [-0.1, -0.05) is 18.6 Å². The van der Waals surface area contributed by atoms with E-state index in [1.807, 2.05) is 30.5 Å². The van der Waals surface area contributed by atoms with Crippen LogP contribution >= 0.6 is 0 Å². The summed E-state index contributed by atoms with van der Waals surface area (Å²) in [4.78, 5) is 9.67. The molecule has 2 fully saturated rings. The molecule has 0 bridgehead atoms. The SMILES string of the molecule is O=S(=O)(Nc1cccc(N2CCC(N3CCCC[C@H]3c3ccccn3)CC2)c1)c1ccc(F)cc1. The van der Waals surface area contributed by atoms with Crippen molar-refractivity contribution < 1.29 is 12.8 Å². The van der Waals surface area contributed by atoms with Crippen LogP contribution in [0.3, 0.4) is 0 Å². The van der Waals surface area contributed by atoms with E-state index < -0.39 is 15.8 Å². The number of likely N-dealkylation sites (tertiary alicyclic amines) is 1. The second-order valence-electron chi connectivity index (χ2n) is 9.33. The molecule has 1 N–H and O–H groups in total. The highest BCUT2D eigenvalue weighted by atomic mass is 32.2. The third-order valence-electron chi connectivity index (χ3n) is 7.09. The van der Waals surface area contributed by atoms with Crippen molar-refractivity contribution in [1.82, 2.24) is 9.88 Å². The van der Waals surface area contributed by atoms with Gasteiger partial charge >= 0.3 is 0 Å². The lowest BCUT2D eigenvalue weighted by Crippen LogP contribution is -2.48. The number of halogens is 1. The number of aromatic nitrogens is 1. The second-order valence-corrected chi connectivity index (χ2v) is 11.0. The number of piperidine rings is 2. The molecule has 1 atom stereocenters. The van der Waals surface area contributed by atoms with E-state index in [-0.39, 0.29) is 4.90 Å². The highest BCUT2D eigenvalue weighted by Crippen LogP contribution is 2.35. The molecule has 35 heavy (non-hydrogen) atoms. The van der Waals surface area contributed by atoms with Gasteiger partial charge in [-0.3, -0.25) is 14.6 Å². The van der Waals surface area contributed by atoms with Crippen molar-refractivity contribution in [2.75, 3.05) is 29.3 Å². The molecule has 3 heterocycles. The molecule has 0 unspecified atom stereocenters. The third-order valence-corrected chi connectivity index (χ3v) is 8.49. The van der Waals surface area contributed by atoms with Crippen molar-refractivity contribution in [2.45, 2.75) is 49.1 Å². The number of benzene rings is 2. The standard InChI is InChI=1S/C27H31FN4O2S/c28-21-10-12-25(13-11-21)35(33,34)30-22-6-5-7-24(20-22)31-18-14-23(15-19-31)32-17-4-2-9-27(32)26-8-1-3-16-29-26/h1,3,5-8,10-13,16,20,23,27,30H,2,4,9,14-15,17-19H2/t27-/m0/s1. The molecule has 0 radical (unpaired) electrons. The predicted octanol–water partition coefficient (Wildman–Crippen LogP) is 5.22. The fraction of sp³-hybridized carbons (Fsp3) is 0.370. The van der Waals surface area contributed by atoms with Crippen molar-refractivity contribution in [3.8, 4) is 0 Å². The van der Waals surface area contributed by atoms with Gasteiger partial charge in [-0.05, 0) is 86.8 Å². The van der Waals surface area contributed by atoms with Gasteiger partial charge in [-0.2, -0.15) is 0 Å². The molecule has 2 aliphatic rings. The highest BCUT2D eigenvalue weighted by Gasteiger charge is 2.32. The number of rotatable bonds is 6. The maximum atomic E-state index is 13.2. The molecule has 0 amide bonds. The summed E-state index contributed by atoms with van der Waals surface area (Å²) < 4.78 is 41.2. The Morgan fingerprint density at radius 1 is 0.886 bits per heavy atom. The number of anilines is 2. The molecule has 0 spiro atoms. The van der Waals surface area contributed by atoms with E-state index in [4.69, 9.17) is 0 Å². The normalized spacial score (nSPS) is 20.0. The van der Waals surface area contributed by atoms with Crippen LogP contribution in [0.5, 0.6) is 0 Å². The Morgan fingerprint density at radius 3 is 2.43 bits per heavy atom. The Bertz CT molecular complexity index is 1230. The fourth-order valence-electron chi connectivity index (χ4n) is 5.33. The van der Waals surface area contributed by atoms with E-state index in [9.17, 15) is 12.8 Å². The number of pyridine rings is 1. The Balaban J connectivity index is 1.24. The molecule has 2 aliphatic heterocycles. The zero-order chi connectivity index (χ0) is 24.3. The largest absolute Gasteiger partial charge is 0.371 e. The molecule has 0 saturated carbocycles. The first kappa shape index (κ1) is 23.8. The molecule has 0 aliphatic carbocycles. The molecule has 2 aromatic carbocycles. The maximum Gasteiger partial charge on any atom is 0.261 e. The summed E-state index contributed by atoms with van der Waals surface area (Å²) in [5.41, 5.74) is 2.68. The molecule has 3 aromatic rings. The topological polar surface area (TPSA) is 65.5 Å². The van der Waals surface area contributed by atoms with Crippen LogP contribution in [0.25, 0.3) is 0 Å². The Kier molecular flexibility index (Phi) is 7.02. The molecular weight excluding hydrogens is 463 g/mol. The third kappa shape index (κ3) is 5.49. The van der Waals surface area contributed by atoms with Crippen LogP contribution in [0.4, 0.5) is 15.8 Å². The molecule has 5 rings (SSSR count). The zero-order valence-corrected chi connectivity index (χ0v) is 20.5. The number of nitrogens with one attached hydrogen (secondary N) is 1. The Hall–Kier alpha value is -2.97. The van der Waals surface area contributed by atoms with Gasteiger partial charge in [0.05, 0.1) is 22.3 Å². The van der Waals surface area contributed by atoms with Crippen molar-refractivity contribution in [1.29, 1.82) is 0 Å². The van der Waals surface area contributed by atoms with Gasteiger partial charge in [0.1, 0.15) is 5.82 Å². The summed E-state index contributed by atoms with van der Waals surface area (Å²) in [5, 5.41) is 0. The Labute approximate surface area is 206 Å². The van der Waals surface area contributed by atoms with E-state index >= 15 is 0 Å². The van der Waals surface area contributed by atoms with Crippen LogP contribution in [-0.2, 0) is 10.0 Å². The average Bonchev–Trinajstić information content (AvgIpc) is 2.89. The van der Waals surface area contributed by atoms with E-state index in [1.165, 1.54) is 30.7 Å². The second kappa shape index (κ2) is 10.3. The van der Waals surface area contributed by atoms with Gasteiger partial charge in [0.2, 0.25) is 0 Å². The van der Waals surface area contributed by atoms with Crippen LogP contribution in [0.2, 0.25) is 0 Å². The van der Waals surface area contributed by atoms with Gasteiger partial charge in [0.15, 0.2) is 0 Å². The smallest absolute Gasteiger partial charge is 0.261 e. The molecule has 6 nitrogen and oxygen atoms in total. The van der Waals surface area contributed by atoms with Crippen LogP contribution in [0.1, 0.15) is 43.8 Å². The summed E-state index contributed by atoms with van der Waals surface area (Å²) >= 11 is 0. The van der Waals surface area contributed by atoms with E-state index in [2.05, 4.69) is 31.6 Å². The lowest BCUT2D eigenvalue weighted by molar-refractivity contribution is 0.0773. The van der Waals surface area contributed by atoms with Crippen molar-refractivity contribution >= 4 is 21.4 Å². The van der Waals surface area contributed by atoms with E-state index in [1.54, 1.807) is 6.07 Å². The van der Waals surface area contributed by atoms with Crippen LogP contribution < -0.4 is 9.62 Å². The minimum Gasteiger partial charge on any atom is -0.371 e. The first-order valence-corrected chi connectivity index (χ1v) is 13.8. The number of hydrogen-bond donors (Lipinski definition) is 1. The van der Waals surface area contributed by atoms with Gasteiger partial charge in [0, 0.05) is 31.0 Å². The van der Waals surface area contributed by atoms with Crippen molar-refractivity contribution in [3.05, 3.63) is 84.4 Å². The monoisotopic (exact) mass is 494 g/mol. The lowest BCUT2D eigenvalue weighted by Gasteiger charge is -2.45. The number of hydrogen-bond acceptors (Lipinski definition) is 5. The fourth-order valence-corrected chi connectivity index (χ4v) is 6.38. The van der Waals surface area contributed by atoms with Gasteiger partial charge in [-0.25, -0.2) is 12.8 Å². The predicted molar refractivity (Wildman–Crippen MR) is 136 cm³/mol. The van der Waals surface area contributed by atoms with E-state index in [0.29, 0.717) is 17.8 Å². The van der Waals surface area contributed by atoms with Crippen molar-refractivity contribution in [3.63, 3.8) is 0 Å². The van der Waals surface area contributed by atoms with Crippen LogP contribution in [-0.4, -0.2) is 44.0 Å². The summed E-state index contributed by atoms with van der Waals surface area (Å²) in [6, 6.07) is 19.5. The molecule has 184 valence electrons. The average molecular weight is 495 g/mol. The summed E-state index contributed by atoms with van der Waals surface area (Å²) in [6.07, 6.45) is 7.66. The molecule has 1 aromatic heterocycles. The van der Waals surface area contributed by atoms with Crippen molar-refractivity contribution in [2.24, 2.45) is 0 Å². The summed E-state index contributed by atoms with van der Waals surface area (Å²) in [5.74, 6) is -0.467. The van der Waals surface area contributed by atoms with E-state index in [0.717, 1.165) is 56.7 Å². The maximum absolute atomic E-state index is 13.2. The lowest BCUT2D eigenvalue weighted by atomic mass is 9.93. The molecule has 2 saturated heterocycles. The van der Waals surface area contributed by atoms with Gasteiger partial charge in [0.25, 0.3) is 10.0 Å². The summed E-state index contributed by atoms with van der Waals surface area (Å²) in [6.45, 7) is 2.96. The first-order valence-electron chi connectivity index (χ1n) is 12.3. The summed E-state index contributed by atoms with van der Waals surface area (Å²) in [7, 11) is -3.78. The Morgan fingerprint density at radius 2 is 1.69 bits per heavy atom. The van der Waals surface area contributed by atoms with Gasteiger partial charge < -0.3 is 4.90 Å². The minimum absolute atomic E-state index is 0.0362. The molecule has 8 heteroatoms. The molecular formula is C27H31FN4O2S. The van der Waals surface area contributed by atoms with Crippen LogP contribution in [0, 0.1) is 5.82 Å². The highest BCUT2D eigenvalue weighted by molar-refractivity contribution is 7.92. The number of nitrogens with zero attached hydrogens (tertiary/aromatic N) is 3. The van der Waals surface area contributed by atoms with Gasteiger partial charge in [-0.15, -0.1) is 0 Å². The first-order chi connectivity index (χ1) is 17.0. The van der Waals surface area contributed by atoms with Crippen LogP contribution in [0.15, 0.2) is 77.8 Å². The zero-order valence-electron chi connectivity index (χ0n) is 19.7. The quantitative estimate of drug-likeness (QED) is 0.509. The number of sulfonamides is 1. The minimum atomic E-state index is -3.78.